The summed E-state index contributed by atoms with van der Waals surface area (Å²) in [6.07, 6.45) is -0.171. The van der Waals surface area contributed by atoms with Gasteiger partial charge in [0.25, 0.3) is 0 Å². The van der Waals surface area contributed by atoms with E-state index in [1.165, 1.54) is 0 Å². The maximum Gasteiger partial charge on any atom is 0.407 e. The molecule has 0 aliphatic carbocycles. The fraction of sp³-hybridized carbons (Fsp3) is 0.333. The summed E-state index contributed by atoms with van der Waals surface area (Å²) in [6, 6.07) is 9.28. The molecular weight excluding hydrogens is 220 g/mol. The minimum Gasteiger partial charge on any atom is -0.445 e. The topological polar surface area (TPSA) is 67.4 Å². The Morgan fingerprint density at radius 2 is 2.18 bits per heavy atom. The van der Waals surface area contributed by atoms with Gasteiger partial charge in [0.1, 0.15) is 6.61 Å². The number of ether oxygens (including phenoxy) is 1. The number of carbonyl (C=O) groups excluding carboxylic acids is 2. The molecule has 1 saturated heterocycles. The van der Waals surface area contributed by atoms with Gasteiger partial charge in [-0.05, 0) is 5.56 Å². The summed E-state index contributed by atoms with van der Waals surface area (Å²) in [5.74, 6) is -0.0432. The molecule has 0 radical (unpaired) electrons. The molecule has 2 N–H and O–H groups in total. The van der Waals surface area contributed by atoms with Crippen molar-refractivity contribution in [2.75, 3.05) is 6.54 Å². The smallest absolute Gasteiger partial charge is 0.407 e. The Morgan fingerprint density at radius 1 is 1.41 bits per heavy atom. The highest BCUT2D eigenvalue weighted by atomic mass is 16.5. The molecule has 1 heterocycles. The lowest BCUT2D eigenvalue weighted by molar-refractivity contribution is -0.119. The largest absolute Gasteiger partial charge is 0.445 e. The van der Waals surface area contributed by atoms with Gasteiger partial charge in [-0.25, -0.2) is 4.79 Å². The van der Waals surface area contributed by atoms with Crippen molar-refractivity contribution in [2.24, 2.45) is 0 Å². The predicted molar refractivity (Wildman–Crippen MR) is 61.2 cm³/mol. The number of benzene rings is 1. The van der Waals surface area contributed by atoms with Crippen LogP contribution < -0.4 is 10.6 Å². The lowest BCUT2D eigenvalue weighted by Crippen LogP contribution is -2.36. The average molecular weight is 234 g/mol. The fourth-order valence-corrected chi connectivity index (χ4v) is 1.64. The van der Waals surface area contributed by atoms with Crippen molar-refractivity contribution in [3.05, 3.63) is 35.9 Å². The molecule has 0 unspecified atom stereocenters. The molecule has 0 spiro atoms. The van der Waals surface area contributed by atoms with Crippen LogP contribution in [0.5, 0.6) is 0 Å². The first kappa shape index (κ1) is 11.4. The van der Waals surface area contributed by atoms with E-state index < -0.39 is 6.09 Å². The van der Waals surface area contributed by atoms with Gasteiger partial charge in [0.05, 0.1) is 6.04 Å². The highest BCUT2D eigenvalue weighted by Crippen LogP contribution is 2.02. The molecule has 1 aromatic carbocycles. The zero-order valence-electron chi connectivity index (χ0n) is 9.31. The van der Waals surface area contributed by atoms with Crippen molar-refractivity contribution in [2.45, 2.75) is 19.1 Å². The van der Waals surface area contributed by atoms with Crippen molar-refractivity contribution in [3.8, 4) is 0 Å². The normalized spacial score (nSPS) is 18.6. The summed E-state index contributed by atoms with van der Waals surface area (Å²) < 4.78 is 5.04. The van der Waals surface area contributed by atoms with E-state index in [1.807, 2.05) is 30.3 Å². The Morgan fingerprint density at radius 3 is 2.82 bits per heavy atom. The van der Waals surface area contributed by atoms with Crippen LogP contribution in [0.3, 0.4) is 0 Å². The Labute approximate surface area is 99.2 Å². The number of amides is 2. The predicted octanol–water partition coefficient (Wildman–Crippen LogP) is 0.801. The monoisotopic (exact) mass is 234 g/mol. The van der Waals surface area contributed by atoms with E-state index in [-0.39, 0.29) is 18.6 Å². The van der Waals surface area contributed by atoms with Crippen molar-refractivity contribution in [1.29, 1.82) is 0 Å². The number of hydrogen-bond acceptors (Lipinski definition) is 3. The third-order valence-electron chi connectivity index (χ3n) is 2.51. The average Bonchev–Trinajstić information content (AvgIpc) is 2.73. The van der Waals surface area contributed by atoms with Crippen LogP contribution in [0.25, 0.3) is 0 Å². The molecule has 90 valence electrons. The van der Waals surface area contributed by atoms with Gasteiger partial charge in [-0.2, -0.15) is 0 Å². The number of hydrogen-bond donors (Lipinski definition) is 2. The molecule has 1 fully saturated rings. The van der Waals surface area contributed by atoms with Crippen LogP contribution in [0, 0.1) is 0 Å². The van der Waals surface area contributed by atoms with E-state index in [0.29, 0.717) is 13.0 Å². The highest BCUT2D eigenvalue weighted by molar-refractivity contribution is 5.80. The summed E-state index contributed by atoms with van der Waals surface area (Å²) in [7, 11) is 0. The molecule has 0 saturated carbocycles. The summed E-state index contributed by atoms with van der Waals surface area (Å²) in [6.45, 7) is 0.708. The first-order valence-corrected chi connectivity index (χ1v) is 5.48. The van der Waals surface area contributed by atoms with Gasteiger partial charge in [0.2, 0.25) is 5.91 Å². The Bertz CT molecular complexity index is 405. The Kier molecular flexibility index (Phi) is 3.59. The maximum absolute atomic E-state index is 11.4. The molecule has 1 aliphatic heterocycles. The molecule has 1 aromatic rings. The van der Waals surface area contributed by atoms with Gasteiger partial charge >= 0.3 is 6.09 Å². The lowest BCUT2D eigenvalue weighted by Gasteiger charge is -2.10. The van der Waals surface area contributed by atoms with Crippen LogP contribution in [0.2, 0.25) is 0 Å². The van der Waals surface area contributed by atoms with Gasteiger partial charge in [0.15, 0.2) is 0 Å². The van der Waals surface area contributed by atoms with E-state index in [2.05, 4.69) is 10.6 Å². The molecule has 2 rings (SSSR count). The van der Waals surface area contributed by atoms with Gasteiger partial charge in [0, 0.05) is 13.0 Å². The van der Waals surface area contributed by atoms with Crippen LogP contribution >= 0.6 is 0 Å². The summed E-state index contributed by atoms with van der Waals surface area (Å²) >= 11 is 0. The second kappa shape index (κ2) is 5.34. The van der Waals surface area contributed by atoms with E-state index in [9.17, 15) is 9.59 Å². The zero-order chi connectivity index (χ0) is 12.1. The van der Waals surface area contributed by atoms with Crippen molar-refractivity contribution >= 4 is 12.0 Å². The second-order valence-corrected chi connectivity index (χ2v) is 3.91. The number of rotatable bonds is 3. The number of nitrogens with one attached hydrogen (secondary N) is 2. The minimum absolute atomic E-state index is 0.0432. The molecule has 5 heteroatoms. The van der Waals surface area contributed by atoms with Crippen molar-refractivity contribution in [3.63, 3.8) is 0 Å². The van der Waals surface area contributed by atoms with Gasteiger partial charge < -0.3 is 15.4 Å². The molecule has 1 aliphatic rings. The van der Waals surface area contributed by atoms with Crippen LogP contribution in [0.4, 0.5) is 4.79 Å². The molecule has 0 bridgehead atoms. The zero-order valence-corrected chi connectivity index (χ0v) is 9.31. The highest BCUT2D eigenvalue weighted by Gasteiger charge is 2.23. The molecule has 17 heavy (non-hydrogen) atoms. The van der Waals surface area contributed by atoms with Crippen molar-refractivity contribution in [1.82, 2.24) is 10.6 Å². The van der Waals surface area contributed by atoms with Crippen LogP contribution in [0.1, 0.15) is 12.0 Å². The first-order valence-electron chi connectivity index (χ1n) is 5.48. The van der Waals surface area contributed by atoms with Crippen LogP contribution in [-0.2, 0) is 16.1 Å². The van der Waals surface area contributed by atoms with Gasteiger partial charge in [-0.3, -0.25) is 4.79 Å². The van der Waals surface area contributed by atoms with Crippen LogP contribution in [0.15, 0.2) is 30.3 Å². The fourth-order valence-electron chi connectivity index (χ4n) is 1.64. The number of carbonyl (C=O) groups is 2. The maximum atomic E-state index is 11.4. The quantitative estimate of drug-likeness (QED) is 0.813. The van der Waals surface area contributed by atoms with Crippen LogP contribution in [-0.4, -0.2) is 24.6 Å². The Balaban J connectivity index is 1.73. The summed E-state index contributed by atoms with van der Waals surface area (Å²) in [4.78, 5) is 22.3. The Hall–Kier alpha value is -2.04. The lowest BCUT2D eigenvalue weighted by atomic mass is 10.2. The standard InChI is InChI=1S/C12H14N2O3/c15-11-6-10(7-13-11)14-12(16)17-8-9-4-2-1-3-5-9/h1-5,10H,6-8H2,(H,13,15)(H,14,16)/t10-/m0/s1. The molecule has 1 atom stereocenters. The van der Waals surface area contributed by atoms with Gasteiger partial charge in [-0.15, -0.1) is 0 Å². The van der Waals surface area contributed by atoms with E-state index in [0.717, 1.165) is 5.56 Å². The van der Waals surface area contributed by atoms with E-state index in [4.69, 9.17) is 4.74 Å². The molecule has 0 aromatic heterocycles. The van der Waals surface area contributed by atoms with Crippen molar-refractivity contribution < 1.29 is 14.3 Å². The molecular formula is C12H14N2O3. The third-order valence-corrected chi connectivity index (χ3v) is 2.51. The molecule has 2 amide bonds. The summed E-state index contributed by atoms with van der Waals surface area (Å²) in [5.41, 5.74) is 0.934. The number of alkyl carbamates (subject to hydrolysis) is 1. The van der Waals surface area contributed by atoms with Gasteiger partial charge in [-0.1, -0.05) is 30.3 Å². The first-order chi connectivity index (χ1) is 8.24. The third kappa shape index (κ3) is 3.48. The minimum atomic E-state index is -0.490. The van der Waals surface area contributed by atoms with E-state index >= 15 is 0 Å². The second-order valence-electron chi connectivity index (χ2n) is 3.91. The SMILES string of the molecule is O=C1C[C@H](NC(=O)OCc2ccccc2)CN1. The van der Waals surface area contributed by atoms with E-state index in [1.54, 1.807) is 0 Å². The summed E-state index contributed by atoms with van der Waals surface area (Å²) in [5, 5.41) is 5.27. The molecule has 5 nitrogen and oxygen atoms in total.